The maximum absolute atomic E-state index is 12.0. The van der Waals surface area contributed by atoms with Gasteiger partial charge in [0.2, 0.25) is 5.78 Å². The monoisotopic (exact) mass is 285 g/mol. The number of carbonyl (C=O) groups is 1. The first kappa shape index (κ1) is 16.2. The van der Waals surface area contributed by atoms with Gasteiger partial charge in [-0.2, -0.15) is 0 Å². The average molecular weight is 285 g/mol. The van der Waals surface area contributed by atoms with Crippen LogP contribution < -0.4 is 0 Å². The van der Waals surface area contributed by atoms with Gasteiger partial charge in [-0.1, -0.05) is 30.2 Å². The Kier molecular flexibility index (Phi) is 4.89. The van der Waals surface area contributed by atoms with Crippen LogP contribution in [0.3, 0.4) is 0 Å². The molecule has 0 N–H and O–H groups in total. The van der Waals surface area contributed by atoms with E-state index in [1.54, 1.807) is 24.3 Å². The van der Waals surface area contributed by atoms with Gasteiger partial charge < -0.3 is 4.43 Å². The molecule has 1 aromatic carbocycles. The zero-order valence-electron chi connectivity index (χ0n) is 12.6. The molecule has 0 fully saturated rings. The molecule has 0 spiro atoms. The van der Waals surface area contributed by atoms with Crippen LogP contribution in [0.25, 0.3) is 4.85 Å². The molecule has 0 heterocycles. The normalized spacial score (nSPS) is 11.2. The Morgan fingerprint density at radius 3 is 2.25 bits per heavy atom. The van der Waals surface area contributed by atoms with Crippen molar-refractivity contribution in [3.8, 4) is 11.8 Å². The maximum Gasteiger partial charge on any atom is 0.235 e. The molecule has 4 heteroatoms. The fourth-order valence-electron chi connectivity index (χ4n) is 1.76. The molecule has 0 saturated heterocycles. The number of ketones is 1. The van der Waals surface area contributed by atoms with Gasteiger partial charge in [-0.05, 0) is 39.4 Å². The molecule has 0 amide bonds. The van der Waals surface area contributed by atoms with Gasteiger partial charge >= 0.3 is 0 Å². The Morgan fingerprint density at radius 2 is 1.80 bits per heavy atom. The highest BCUT2D eigenvalue weighted by Gasteiger charge is 2.25. The van der Waals surface area contributed by atoms with E-state index in [0.29, 0.717) is 11.3 Å². The summed E-state index contributed by atoms with van der Waals surface area (Å²) < 4.78 is 5.92. The van der Waals surface area contributed by atoms with Crippen LogP contribution in [0, 0.1) is 18.4 Å². The van der Waals surface area contributed by atoms with Crippen molar-refractivity contribution in [2.45, 2.75) is 39.1 Å². The number of benzene rings is 1. The van der Waals surface area contributed by atoms with E-state index in [1.165, 1.54) is 0 Å². The largest absolute Gasteiger partial charge is 0.402 e. The third-order valence-corrected chi connectivity index (χ3v) is 3.42. The molecule has 1 rings (SSSR count). The lowest BCUT2D eigenvalue weighted by Crippen LogP contribution is -2.37. The molecule has 0 aliphatic carbocycles. The summed E-state index contributed by atoms with van der Waals surface area (Å²) in [5.41, 5.74) is 0.377. The molecule has 1 aromatic rings. The zero-order chi connectivity index (χ0) is 15.4. The predicted molar refractivity (Wildman–Crippen MR) is 83.3 cm³/mol. The van der Waals surface area contributed by atoms with Gasteiger partial charge in [0.15, 0.2) is 14.0 Å². The van der Waals surface area contributed by atoms with Crippen LogP contribution in [0.15, 0.2) is 24.3 Å². The van der Waals surface area contributed by atoms with E-state index in [9.17, 15) is 4.79 Å². The number of Topliss-reactive ketones (excluding diaryl/α,β-unsaturated/α-hetero) is 1. The molecule has 3 nitrogen and oxygen atoms in total. The topological polar surface area (TPSA) is 30.7 Å². The fraction of sp³-hybridized carbons (Fsp3) is 0.375. The summed E-state index contributed by atoms with van der Waals surface area (Å²) in [5, 5.41) is 0. The van der Waals surface area contributed by atoms with Crippen LogP contribution >= 0.6 is 0 Å². The summed E-state index contributed by atoms with van der Waals surface area (Å²) in [6, 6.07) is 6.48. The minimum atomic E-state index is -1.70. The van der Waals surface area contributed by atoms with Crippen molar-refractivity contribution in [2.75, 3.05) is 0 Å². The van der Waals surface area contributed by atoms with Crippen molar-refractivity contribution in [2.24, 2.45) is 0 Å². The SMILES string of the molecule is [C-]#[N+]c1ccc(C(=O)C#CC(C)(C)O[Si](C)(C)C)cc1. The second-order valence-corrected chi connectivity index (χ2v) is 10.4. The van der Waals surface area contributed by atoms with Crippen molar-refractivity contribution in [3.05, 3.63) is 41.2 Å². The number of nitrogens with zero attached hydrogens (tertiary/aromatic N) is 1. The van der Waals surface area contributed by atoms with Crippen LogP contribution in [-0.4, -0.2) is 19.7 Å². The molecule has 0 atom stereocenters. The third kappa shape index (κ3) is 5.40. The smallest absolute Gasteiger partial charge is 0.235 e. The fourth-order valence-corrected chi connectivity index (χ4v) is 3.34. The zero-order valence-corrected chi connectivity index (χ0v) is 13.6. The predicted octanol–water partition coefficient (Wildman–Crippen LogP) is 4.05. The molecule has 0 aliphatic rings. The second-order valence-electron chi connectivity index (χ2n) is 5.96. The average Bonchev–Trinajstić information content (AvgIpc) is 2.33. The van der Waals surface area contributed by atoms with E-state index in [2.05, 4.69) is 36.3 Å². The van der Waals surface area contributed by atoms with Crippen LogP contribution in [0.2, 0.25) is 19.6 Å². The number of hydrogen-bond donors (Lipinski definition) is 0. The second kappa shape index (κ2) is 6.05. The summed E-state index contributed by atoms with van der Waals surface area (Å²) in [7, 11) is -1.70. The summed E-state index contributed by atoms with van der Waals surface area (Å²) in [4.78, 5) is 15.2. The molecule has 0 radical (unpaired) electrons. The maximum atomic E-state index is 12.0. The number of carbonyl (C=O) groups excluding carboxylic acids is 1. The first-order chi connectivity index (χ1) is 9.13. The molecular formula is C16H19NO2Si. The van der Waals surface area contributed by atoms with Gasteiger partial charge in [-0.3, -0.25) is 4.79 Å². The molecule has 0 saturated carbocycles. The molecule has 0 aliphatic heterocycles. The molecule has 0 unspecified atom stereocenters. The standard InChI is InChI=1S/C16H19NO2Si/c1-16(2,19-20(4,5)6)12-11-15(18)13-7-9-14(17-3)10-8-13/h7-10H,1-2,4-6H3. The van der Waals surface area contributed by atoms with E-state index in [4.69, 9.17) is 11.0 Å². The van der Waals surface area contributed by atoms with Gasteiger partial charge in [0.1, 0.15) is 5.60 Å². The van der Waals surface area contributed by atoms with Crippen molar-refractivity contribution in [3.63, 3.8) is 0 Å². The Labute approximate surface area is 121 Å². The summed E-state index contributed by atoms with van der Waals surface area (Å²) in [5.74, 6) is 5.27. The van der Waals surface area contributed by atoms with Gasteiger partial charge in [-0.15, -0.1) is 0 Å². The molecule has 0 bridgehead atoms. The van der Waals surface area contributed by atoms with Crippen molar-refractivity contribution < 1.29 is 9.22 Å². The number of hydrogen-bond acceptors (Lipinski definition) is 2. The lowest BCUT2D eigenvalue weighted by Gasteiger charge is -2.28. The highest BCUT2D eigenvalue weighted by molar-refractivity contribution is 6.69. The van der Waals surface area contributed by atoms with Crippen LogP contribution in [0.1, 0.15) is 24.2 Å². The third-order valence-electron chi connectivity index (χ3n) is 2.30. The lowest BCUT2D eigenvalue weighted by atomic mass is 10.1. The number of rotatable bonds is 3. The first-order valence-electron chi connectivity index (χ1n) is 6.38. The summed E-state index contributed by atoms with van der Waals surface area (Å²) in [6.45, 7) is 16.9. The van der Waals surface area contributed by atoms with Crippen LogP contribution in [0.4, 0.5) is 5.69 Å². The minimum Gasteiger partial charge on any atom is -0.402 e. The Balaban J connectivity index is 2.85. The first-order valence-corrected chi connectivity index (χ1v) is 9.79. The van der Waals surface area contributed by atoms with Crippen molar-refractivity contribution in [1.82, 2.24) is 0 Å². The highest BCUT2D eigenvalue weighted by Crippen LogP contribution is 2.17. The van der Waals surface area contributed by atoms with E-state index >= 15 is 0 Å². The van der Waals surface area contributed by atoms with Crippen LogP contribution in [-0.2, 0) is 4.43 Å². The molecular weight excluding hydrogens is 266 g/mol. The van der Waals surface area contributed by atoms with E-state index in [-0.39, 0.29) is 5.78 Å². The van der Waals surface area contributed by atoms with Crippen molar-refractivity contribution >= 4 is 19.8 Å². The molecule has 0 aromatic heterocycles. The highest BCUT2D eigenvalue weighted by atomic mass is 28.4. The molecule has 104 valence electrons. The summed E-state index contributed by atoms with van der Waals surface area (Å²) in [6.07, 6.45) is 0. The van der Waals surface area contributed by atoms with Crippen molar-refractivity contribution in [1.29, 1.82) is 0 Å². The quantitative estimate of drug-likeness (QED) is 0.276. The van der Waals surface area contributed by atoms with Gasteiger partial charge in [0.25, 0.3) is 0 Å². The van der Waals surface area contributed by atoms with Gasteiger partial charge in [0, 0.05) is 5.56 Å². The van der Waals surface area contributed by atoms with E-state index in [0.717, 1.165) is 0 Å². The summed E-state index contributed by atoms with van der Waals surface area (Å²) >= 11 is 0. The van der Waals surface area contributed by atoms with E-state index < -0.39 is 13.9 Å². The van der Waals surface area contributed by atoms with E-state index in [1.807, 2.05) is 13.8 Å². The van der Waals surface area contributed by atoms with Crippen LogP contribution in [0.5, 0.6) is 0 Å². The van der Waals surface area contributed by atoms with Gasteiger partial charge in [0.05, 0.1) is 6.57 Å². The Morgan fingerprint density at radius 1 is 1.25 bits per heavy atom. The Bertz CT molecular complexity index is 593. The van der Waals surface area contributed by atoms with Gasteiger partial charge in [-0.25, -0.2) is 4.85 Å². The lowest BCUT2D eigenvalue weighted by molar-refractivity contribution is 0.105. The molecule has 20 heavy (non-hydrogen) atoms. The minimum absolute atomic E-state index is 0.256. The Hall–Kier alpha value is -1.88.